The molecule has 0 aromatic heterocycles. The first kappa shape index (κ1) is 10.1. The van der Waals surface area contributed by atoms with E-state index >= 15 is 0 Å². The Balaban J connectivity index is 2.41. The van der Waals surface area contributed by atoms with Gasteiger partial charge in [0.25, 0.3) is 11.8 Å². The monoisotopic (exact) mass is 220 g/mol. The highest BCUT2D eigenvalue weighted by atomic mass is 16.5. The van der Waals surface area contributed by atoms with E-state index in [4.69, 9.17) is 5.73 Å². The Morgan fingerprint density at radius 3 is 2.81 bits per heavy atom. The number of amides is 2. The number of primary amides is 1. The highest BCUT2D eigenvalue weighted by Gasteiger charge is 2.27. The van der Waals surface area contributed by atoms with Crippen LogP contribution in [0, 0.1) is 0 Å². The number of nitrogens with zero attached hydrogens (tertiary/aromatic N) is 2. The van der Waals surface area contributed by atoms with Gasteiger partial charge in [-0.25, -0.2) is 10.1 Å². The topological polar surface area (TPSA) is 108 Å². The second-order valence-electron chi connectivity index (χ2n) is 3.06. The van der Waals surface area contributed by atoms with Crippen LogP contribution in [0.25, 0.3) is 0 Å². The molecule has 0 unspecified atom stereocenters. The minimum Gasteiger partial charge on any atom is -0.364 e. The Kier molecular flexibility index (Phi) is 2.29. The zero-order valence-corrected chi connectivity index (χ0v) is 8.04. The van der Waals surface area contributed by atoms with Gasteiger partial charge in [-0.15, -0.1) is 0 Å². The molecule has 0 atom stereocenters. The number of nitrogens with one attached hydrogen (secondary N) is 1. The number of carbonyl (C=O) groups excluding carboxylic acids is 2. The van der Waals surface area contributed by atoms with Crippen molar-refractivity contribution in [1.29, 1.82) is 0 Å². The molecule has 82 valence electrons. The predicted molar refractivity (Wildman–Crippen MR) is 53.7 cm³/mol. The molecule has 2 heterocycles. The highest BCUT2D eigenvalue weighted by Crippen LogP contribution is 2.16. The van der Waals surface area contributed by atoms with E-state index in [0.29, 0.717) is 0 Å². The number of hydrogen-bond donors (Lipinski definition) is 3. The average molecular weight is 220 g/mol. The molecule has 0 saturated carbocycles. The summed E-state index contributed by atoms with van der Waals surface area (Å²) in [4.78, 5) is 25.8. The van der Waals surface area contributed by atoms with Crippen LogP contribution in [0.4, 0.5) is 0 Å². The summed E-state index contributed by atoms with van der Waals surface area (Å²) in [6.07, 6.45) is 6.15. The molecule has 16 heavy (non-hydrogen) atoms. The number of hydrogen-bond acceptors (Lipinski definition) is 5. The third kappa shape index (κ3) is 1.59. The van der Waals surface area contributed by atoms with Crippen molar-refractivity contribution in [3.8, 4) is 0 Å². The Hall–Kier alpha value is -2.41. The van der Waals surface area contributed by atoms with Gasteiger partial charge in [-0.2, -0.15) is 0 Å². The van der Waals surface area contributed by atoms with E-state index in [1.54, 1.807) is 12.2 Å². The Morgan fingerprint density at radius 1 is 1.50 bits per heavy atom. The smallest absolute Gasteiger partial charge is 0.281 e. The van der Waals surface area contributed by atoms with Crippen LogP contribution in [0.5, 0.6) is 0 Å². The number of aliphatic imine (C=N–C) groups is 1. The number of carbonyl (C=O) groups is 2. The van der Waals surface area contributed by atoms with Crippen LogP contribution in [0.1, 0.15) is 0 Å². The van der Waals surface area contributed by atoms with Crippen molar-refractivity contribution < 1.29 is 14.8 Å². The van der Waals surface area contributed by atoms with Gasteiger partial charge < -0.3 is 11.1 Å². The molecule has 7 nitrogen and oxygen atoms in total. The normalized spacial score (nSPS) is 23.4. The number of hydroxylamine groups is 2. The standard InChI is InChI=1S/C9H8N4O3/c10-7(14)6-9(15)12-8(11-6)5-3-1-2-4-13(5)16/h1-4,16H,(H2,10,14)(H,12,15). The molecule has 0 aromatic carbocycles. The lowest BCUT2D eigenvalue weighted by Crippen LogP contribution is -2.33. The predicted octanol–water partition coefficient (Wildman–Crippen LogP) is -1.01. The molecule has 4 N–H and O–H groups in total. The number of allylic oxidation sites excluding steroid dienone is 3. The van der Waals surface area contributed by atoms with Crippen molar-refractivity contribution in [2.24, 2.45) is 10.7 Å². The first-order valence-electron chi connectivity index (χ1n) is 4.36. The molecule has 0 aliphatic carbocycles. The SMILES string of the molecule is NC(=O)C1=NC(=C2C=CC=CN2O)NC1=O. The Bertz CT molecular complexity index is 487. The summed E-state index contributed by atoms with van der Waals surface area (Å²) >= 11 is 0. The van der Waals surface area contributed by atoms with Gasteiger partial charge in [0.2, 0.25) is 0 Å². The molecular weight excluding hydrogens is 212 g/mol. The van der Waals surface area contributed by atoms with E-state index in [-0.39, 0.29) is 17.2 Å². The minimum atomic E-state index is -0.909. The maximum Gasteiger partial charge on any atom is 0.281 e. The second-order valence-corrected chi connectivity index (χ2v) is 3.06. The summed E-state index contributed by atoms with van der Waals surface area (Å²) in [5.74, 6) is -1.50. The third-order valence-electron chi connectivity index (χ3n) is 1.99. The summed E-state index contributed by atoms with van der Waals surface area (Å²) in [5.41, 5.74) is 4.83. The summed E-state index contributed by atoms with van der Waals surface area (Å²) in [5, 5.41) is 12.6. The second kappa shape index (κ2) is 3.63. The van der Waals surface area contributed by atoms with E-state index in [1.165, 1.54) is 12.3 Å². The van der Waals surface area contributed by atoms with Gasteiger partial charge in [-0.1, -0.05) is 6.08 Å². The lowest BCUT2D eigenvalue weighted by molar-refractivity contribution is -0.116. The third-order valence-corrected chi connectivity index (χ3v) is 1.99. The van der Waals surface area contributed by atoms with Gasteiger partial charge in [-0.05, 0) is 12.2 Å². The summed E-state index contributed by atoms with van der Waals surface area (Å²) in [6.45, 7) is 0. The fourth-order valence-corrected chi connectivity index (χ4v) is 1.27. The van der Waals surface area contributed by atoms with Crippen LogP contribution in [0.15, 0.2) is 40.9 Å². The molecular formula is C9H8N4O3. The first-order chi connectivity index (χ1) is 7.59. The highest BCUT2D eigenvalue weighted by molar-refractivity contribution is 6.66. The molecule has 0 aromatic rings. The lowest BCUT2D eigenvalue weighted by Gasteiger charge is -2.16. The van der Waals surface area contributed by atoms with Gasteiger partial charge in [-0.3, -0.25) is 14.8 Å². The molecule has 0 saturated heterocycles. The minimum absolute atomic E-state index is 0.0851. The Labute approximate surface area is 90.2 Å². The van der Waals surface area contributed by atoms with Gasteiger partial charge in [0.15, 0.2) is 11.5 Å². The molecule has 0 radical (unpaired) electrons. The van der Waals surface area contributed by atoms with Crippen molar-refractivity contribution in [2.75, 3.05) is 0 Å². The van der Waals surface area contributed by atoms with Gasteiger partial charge >= 0.3 is 0 Å². The lowest BCUT2D eigenvalue weighted by atomic mass is 10.3. The molecule has 2 rings (SSSR count). The van der Waals surface area contributed by atoms with Crippen molar-refractivity contribution in [2.45, 2.75) is 0 Å². The zero-order chi connectivity index (χ0) is 11.7. The molecule has 0 bridgehead atoms. The maximum atomic E-state index is 11.3. The summed E-state index contributed by atoms with van der Waals surface area (Å²) in [6, 6.07) is 0. The van der Waals surface area contributed by atoms with Crippen LogP contribution >= 0.6 is 0 Å². The number of nitrogens with two attached hydrogens (primary N) is 1. The van der Waals surface area contributed by atoms with Crippen LogP contribution in [0.2, 0.25) is 0 Å². The molecule has 7 heteroatoms. The maximum absolute atomic E-state index is 11.3. The number of rotatable bonds is 1. The van der Waals surface area contributed by atoms with E-state index < -0.39 is 11.8 Å². The fraction of sp³-hybridized carbons (Fsp3) is 0. The largest absolute Gasteiger partial charge is 0.364 e. The van der Waals surface area contributed by atoms with E-state index in [2.05, 4.69) is 10.3 Å². The van der Waals surface area contributed by atoms with E-state index in [0.717, 1.165) is 5.06 Å². The zero-order valence-electron chi connectivity index (χ0n) is 8.04. The Morgan fingerprint density at radius 2 is 2.25 bits per heavy atom. The van der Waals surface area contributed by atoms with Crippen LogP contribution < -0.4 is 11.1 Å². The van der Waals surface area contributed by atoms with Crippen molar-refractivity contribution in [3.05, 3.63) is 35.9 Å². The molecule has 2 aliphatic rings. The van der Waals surface area contributed by atoms with Crippen LogP contribution in [-0.2, 0) is 9.59 Å². The molecule has 0 fully saturated rings. The van der Waals surface area contributed by atoms with Crippen LogP contribution in [-0.4, -0.2) is 27.8 Å². The van der Waals surface area contributed by atoms with Gasteiger partial charge in [0.1, 0.15) is 5.70 Å². The molecule has 0 spiro atoms. The fourth-order valence-electron chi connectivity index (χ4n) is 1.27. The van der Waals surface area contributed by atoms with Gasteiger partial charge in [0.05, 0.1) is 0 Å². The van der Waals surface area contributed by atoms with Crippen LogP contribution in [0.3, 0.4) is 0 Å². The summed E-state index contributed by atoms with van der Waals surface area (Å²) in [7, 11) is 0. The van der Waals surface area contributed by atoms with Gasteiger partial charge in [0, 0.05) is 6.20 Å². The van der Waals surface area contributed by atoms with Crippen molar-refractivity contribution in [3.63, 3.8) is 0 Å². The van der Waals surface area contributed by atoms with Crippen molar-refractivity contribution in [1.82, 2.24) is 10.4 Å². The first-order valence-corrected chi connectivity index (χ1v) is 4.36. The molecule has 2 aliphatic heterocycles. The van der Waals surface area contributed by atoms with E-state index in [1.807, 2.05) is 0 Å². The quantitative estimate of drug-likeness (QED) is 0.526. The average Bonchev–Trinajstić information content (AvgIpc) is 2.61. The molecule has 2 amide bonds. The van der Waals surface area contributed by atoms with Crippen molar-refractivity contribution >= 4 is 17.5 Å². The summed E-state index contributed by atoms with van der Waals surface area (Å²) < 4.78 is 0. The van der Waals surface area contributed by atoms with E-state index in [9.17, 15) is 14.8 Å².